The molecule has 2 saturated heterocycles. The summed E-state index contributed by atoms with van der Waals surface area (Å²) < 4.78 is 10.6. The molecule has 0 aliphatic carbocycles. The maximum absolute atomic E-state index is 12.1. The van der Waals surface area contributed by atoms with Crippen LogP contribution in [0.15, 0.2) is 30.3 Å². The third-order valence-electron chi connectivity index (χ3n) is 3.99. The Morgan fingerprint density at radius 3 is 2.81 bits per heavy atom. The van der Waals surface area contributed by atoms with Gasteiger partial charge in [-0.15, -0.1) is 0 Å². The number of nitrogens with one attached hydrogen (secondary N) is 1. The molecule has 1 aromatic carbocycles. The molecule has 2 heterocycles. The fourth-order valence-electron chi connectivity index (χ4n) is 2.75. The van der Waals surface area contributed by atoms with E-state index in [4.69, 9.17) is 9.47 Å². The van der Waals surface area contributed by atoms with Gasteiger partial charge in [0.1, 0.15) is 6.61 Å². The summed E-state index contributed by atoms with van der Waals surface area (Å²) in [5.41, 5.74) is 1.02. The summed E-state index contributed by atoms with van der Waals surface area (Å²) >= 11 is 0. The minimum absolute atomic E-state index is 0.213. The minimum atomic E-state index is -0.213. The molecule has 21 heavy (non-hydrogen) atoms. The van der Waals surface area contributed by atoms with Crippen molar-refractivity contribution in [3.63, 3.8) is 0 Å². The Kier molecular flexibility index (Phi) is 4.72. The molecule has 0 saturated carbocycles. The van der Waals surface area contributed by atoms with E-state index in [1.54, 1.807) is 0 Å². The number of ether oxygens (including phenoxy) is 2. The summed E-state index contributed by atoms with van der Waals surface area (Å²) in [6.07, 6.45) is 1.92. The average molecular weight is 290 g/mol. The molecule has 0 unspecified atom stereocenters. The molecule has 2 fully saturated rings. The van der Waals surface area contributed by atoms with E-state index in [-0.39, 0.29) is 6.09 Å². The number of carbonyl (C=O) groups is 1. The minimum Gasteiger partial charge on any atom is -0.445 e. The summed E-state index contributed by atoms with van der Waals surface area (Å²) in [5.74, 6) is 0. The molecule has 0 radical (unpaired) electrons. The van der Waals surface area contributed by atoms with Crippen LogP contribution in [0.4, 0.5) is 4.79 Å². The van der Waals surface area contributed by atoms with E-state index in [0.717, 1.165) is 44.7 Å². The predicted molar refractivity (Wildman–Crippen MR) is 79.0 cm³/mol. The quantitative estimate of drug-likeness (QED) is 0.918. The molecule has 0 bridgehead atoms. The lowest BCUT2D eigenvalue weighted by Crippen LogP contribution is -2.56. The third kappa shape index (κ3) is 3.95. The van der Waals surface area contributed by atoms with Gasteiger partial charge in [-0.25, -0.2) is 4.79 Å². The van der Waals surface area contributed by atoms with Crippen LogP contribution in [0.3, 0.4) is 0 Å². The number of piperidine rings is 1. The molecule has 1 amide bonds. The molecular weight excluding hydrogens is 268 g/mol. The van der Waals surface area contributed by atoms with Gasteiger partial charge >= 0.3 is 6.09 Å². The Bertz CT molecular complexity index is 462. The highest BCUT2D eigenvalue weighted by molar-refractivity contribution is 5.67. The summed E-state index contributed by atoms with van der Waals surface area (Å²) in [6.45, 7) is 3.42. The Hall–Kier alpha value is -1.59. The van der Waals surface area contributed by atoms with Crippen LogP contribution in [0.5, 0.6) is 0 Å². The van der Waals surface area contributed by atoms with E-state index in [0.29, 0.717) is 18.7 Å². The molecule has 0 aromatic heterocycles. The maximum Gasteiger partial charge on any atom is 0.410 e. The molecule has 2 aliphatic heterocycles. The smallest absolute Gasteiger partial charge is 0.410 e. The van der Waals surface area contributed by atoms with Crippen LogP contribution in [0, 0.1) is 0 Å². The van der Waals surface area contributed by atoms with E-state index in [2.05, 4.69) is 5.32 Å². The Morgan fingerprint density at radius 2 is 2.10 bits per heavy atom. The highest BCUT2D eigenvalue weighted by atomic mass is 16.6. The number of hydrogen-bond acceptors (Lipinski definition) is 4. The first-order chi connectivity index (χ1) is 10.3. The van der Waals surface area contributed by atoms with E-state index >= 15 is 0 Å². The van der Waals surface area contributed by atoms with Crippen LogP contribution in [0.2, 0.25) is 0 Å². The van der Waals surface area contributed by atoms with Gasteiger partial charge in [-0.1, -0.05) is 30.3 Å². The van der Waals surface area contributed by atoms with Gasteiger partial charge in [-0.2, -0.15) is 0 Å². The van der Waals surface area contributed by atoms with Gasteiger partial charge in [0.05, 0.1) is 19.3 Å². The number of nitrogens with zero attached hydrogens (tertiary/aromatic N) is 1. The summed E-state index contributed by atoms with van der Waals surface area (Å²) in [6, 6.07) is 10.6. The van der Waals surface area contributed by atoms with Gasteiger partial charge in [-0.3, -0.25) is 0 Å². The Labute approximate surface area is 125 Å². The van der Waals surface area contributed by atoms with Gasteiger partial charge in [0.25, 0.3) is 0 Å². The number of amides is 1. The molecule has 0 spiro atoms. The fourth-order valence-corrected chi connectivity index (χ4v) is 2.75. The molecule has 1 N–H and O–H groups in total. The first kappa shape index (κ1) is 14.4. The first-order valence-electron chi connectivity index (χ1n) is 7.60. The van der Waals surface area contributed by atoms with Gasteiger partial charge < -0.3 is 19.7 Å². The SMILES string of the molecule is O=C(OCc1ccccc1)N1CCC[C@H](NC2COC2)C1. The van der Waals surface area contributed by atoms with Crippen molar-refractivity contribution in [1.82, 2.24) is 10.2 Å². The number of rotatable bonds is 4. The standard InChI is InChI=1S/C16H22N2O3/c19-16(21-10-13-5-2-1-3-6-13)18-8-4-7-14(9-18)17-15-11-20-12-15/h1-3,5-6,14-15,17H,4,7-12H2/t14-/m0/s1. The molecule has 2 aliphatic rings. The largest absolute Gasteiger partial charge is 0.445 e. The van der Waals surface area contributed by atoms with Crippen molar-refractivity contribution < 1.29 is 14.3 Å². The molecular formula is C16H22N2O3. The number of benzene rings is 1. The lowest BCUT2D eigenvalue weighted by molar-refractivity contribution is -0.0145. The maximum atomic E-state index is 12.1. The summed E-state index contributed by atoms with van der Waals surface area (Å²) in [7, 11) is 0. The molecule has 1 atom stereocenters. The van der Waals surface area contributed by atoms with E-state index in [1.165, 1.54) is 0 Å². The molecule has 3 rings (SSSR count). The van der Waals surface area contributed by atoms with Crippen molar-refractivity contribution in [2.45, 2.75) is 31.5 Å². The van der Waals surface area contributed by atoms with E-state index < -0.39 is 0 Å². The normalized spacial score (nSPS) is 22.7. The highest BCUT2D eigenvalue weighted by Crippen LogP contribution is 2.14. The van der Waals surface area contributed by atoms with Crippen LogP contribution in [-0.2, 0) is 16.1 Å². The van der Waals surface area contributed by atoms with Crippen LogP contribution in [-0.4, -0.2) is 49.4 Å². The van der Waals surface area contributed by atoms with Crippen LogP contribution >= 0.6 is 0 Å². The molecule has 1 aromatic rings. The van der Waals surface area contributed by atoms with E-state index in [1.807, 2.05) is 35.2 Å². The number of hydrogen-bond donors (Lipinski definition) is 1. The lowest BCUT2D eigenvalue weighted by atomic mass is 10.0. The zero-order valence-corrected chi connectivity index (χ0v) is 12.2. The zero-order valence-electron chi connectivity index (χ0n) is 12.2. The number of likely N-dealkylation sites (tertiary alicyclic amines) is 1. The van der Waals surface area contributed by atoms with Gasteiger partial charge in [0.2, 0.25) is 0 Å². The third-order valence-corrected chi connectivity index (χ3v) is 3.99. The topological polar surface area (TPSA) is 50.8 Å². The predicted octanol–water partition coefficient (Wildman–Crippen LogP) is 1.78. The zero-order chi connectivity index (χ0) is 14.5. The van der Waals surface area contributed by atoms with Crippen molar-refractivity contribution in [2.75, 3.05) is 26.3 Å². The summed E-state index contributed by atoms with van der Waals surface area (Å²) in [5, 5.41) is 3.54. The van der Waals surface area contributed by atoms with Crippen LogP contribution in [0.1, 0.15) is 18.4 Å². The second kappa shape index (κ2) is 6.91. The Morgan fingerprint density at radius 1 is 1.29 bits per heavy atom. The van der Waals surface area contributed by atoms with Crippen molar-refractivity contribution in [3.8, 4) is 0 Å². The lowest BCUT2D eigenvalue weighted by Gasteiger charge is -2.37. The van der Waals surface area contributed by atoms with Crippen molar-refractivity contribution >= 4 is 6.09 Å². The van der Waals surface area contributed by atoms with Crippen molar-refractivity contribution in [1.29, 1.82) is 0 Å². The molecule has 114 valence electrons. The molecule has 5 heteroatoms. The van der Waals surface area contributed by atoms with Crippen molar-refractivity contribution in [2.24, 2.45) is 0 Å². The van der Waals surface area contributed by atoms with Crippen molar-refractivity contribution in [3.05, 3.63) is 35.9 Å². The highest BCUT2D eigenvalue weighted by Gasteiger charge is 2.28. The van der Waals surface area contributed by atoms with E-state index in [9.17, 15) is 4.79 Å². The number of carbonyl (C=O) groups excluding carboxylic acids is 1. The van der Waals surface area contributed by atoms with Gasteiger partial charge in [-0.05, 0) is 18.4 Å². The molecule has 5 nitrogen and oxygen atoms in total. The Balaban J connectivity index is 1.45. The summed E-state index contributed by atoms with van der Waals surface area (Å²) in [4.78, 5) is 13.9. The van der Waals surface area contributed by atoms with Gasteiger partial charge in [0, 0.05) is 19.1 Å². The average Bonchev–Trinajstić information content (AvgIpc) is 2.50. The van der Waals surface area contributed by atoms with Gasteiger partial charge in [0.15, 0.2) is 0 Å². The van der Waals surface area contributed by atoms with Crippen LogP contribution in [0.25, 0.3) is 0 Å². The second-order valence-corrected chi connectivity index (χ2v) is 5.73. The fraction of sp³-hybridized carbons (Fsp3) is 0.562. The second-order valence-electron chi connectivity index (χ2n) is 5.73. The van der Waals surface area contributed by atoms with Crippen LogP contribution < -0.4 is 5.32 Å². The first-order valence-corrected chi connectivity index (χ1v) is 7.60. The monoisotopic (exact) mass is 290 g/mol.